The van der Waals surface area contributed by atoms with Crippen LogP contribution >= 0.6 is 12.4 Å². The van der Waals surface area contributed by atoms with Gasteiger partial charge in [0.2, 0.25) is 5.91 Å². The van der Waals surface area contributed by atoms with Gasteiger partial charge in [-0.1, -0.05) is 19.8 Å². The van der Waals surface area contributed by atoms with Gasteiger partial charge >= 0.3 is 0 Å². The maximum Gasteiger partial charge on any atom is 0.249 e. The van der Waals surface area contributed by atoms with E-state index in [-0.39, 0.29) is 24.4 Å². The Morgan fingerprint density at radius 1 is 1.26 bits per heavy atom. The summed E-state index contributed by atoms with van der Waals surface area (Å²) < 4.78 is 5.94. The molecule has 0 aromatic rings. The van der Waals surface area contributed by atoms with Crippen molar-refractivity contribution in [3.05, 3.63) is 0 Å². The van der Waals surface area contributed by atoms with Gasteiger partial charge in [0.25, 0.3) is 0 Å². The van der Waals surface area contributed by atoms with Crippen molar-refractivity contribution in [1.82, 2.24) is 10.6 Å². The molecular weight excluding hydrogens is 264 g/mol. The number of ether oxygens (including phenoxy) is 1. The topological polar surface area (TPSA) is 50.4 Å². The number of hydrogen-bond donors (Lipinski definition) is 2. The van der Waals surface area contributed by atoms with Gasteiger partial charge in [-0.3, -0.25) is 4.79 Å². The summed E-state index contributed by atoms with van der Waals surface area (Å²) in [7, 11) is 0. The Labute approximate surface area is 122 Å². The summed E-state index contributed by atoms with van der Waals surface area (Å²) in [6.45, 7) is 4.04. The molecule has 1 heterocycles. The predicted octanol–water partition coefficient (Wildman–Crippen LogP) is 2.01. The number of carbonyl (C=O) groups is 1. The number of hydrogen-bond acceptors (Lipinski definition) is 3. The van der Waals surface area contributed by atoms with Crippen molar-refractivity contribution in [3.8, 4) is 0 Å². The fourth-order valence-electron chi connectivity index (χ4n) is 2.86. The highest BCUT2D eigenvalue weighted by atomic mass is 35.5. The van der Waals surface area contributed by atoms with E-state index >= 15 is 0 Å². The van der Waals surface area contributed by atoms with Crippen molar-refractivity contribution in [2.75, 3.05) is 13.1 Å². The van der Waals surface area contributed by atoms with E-state index in [1.165, 1.54) is 12.8 Å². The van der Waals surface area contributed by atoms with E-state index in [9.17, 15) is 4.79 Å². The summed E-state index contributed by atoms with van der Waals surface area (Å²) in [6.07, 6.45) is 7.64. The molecular formula is C14H27ClN2O2. The second kappa shape index (κ2) is 8.77. The second-order valence-corrected chi connectivity index (χ2v) is 5.47. The van der Waals surface area contributed by atoms with Crippen LogP contribution in [0.1, 0.15) is 51.9 Å². The van der Waals surface area contributed by atoms with Crippen molar-refractivity contribution in [2.45, 2.75) is 70.1 Å². The third-order valence-corrected chi connectivity index (χ3v) is 4.01. The molecule has 1 unspecified atom stereocenters. The lowest BCUT2D eigenvalue weighted by atomic mass is 10.1. The van der Waals surface area contributed by atoms with Crippen LogP contribution < -0.4 is 10.6 Å². The molecule has 2 rings (SSSR count). The molecule has 2 N–H and O–H groups in total. The van der Waals surface area contributed by atoms with Crippen LogP contribution in [0.15, 0.2) is 0 Å². The molecule has 0 spiro atoms. The molecule has 1 atom stereocenters. The van der Waals surface area contributed by atoms with Crippen molar-refractivity contribution < 1.29 is 9.53 Å². The summed E-state index contributed by atoms with van der Waals surface area (Å²) in [5, 5.41) is 6.45. The first kappa shape index (κ1) is 16.7. The van der Waals surface area contributed by atoms with E-state index in [1.54, 1.807) is 0 Å². The minimum atomic E-state index is -0.247. The van der Waals surface area contributed by atoms with Crippen molar-refractivity contribution in [2.24, 2.45) is 0 Å². The van der Waals surface area contributed by atoms with Gasteiger partial charge in [-0.2, -0.15) is 0 Å². The van der Waals surface area contributed by atoms with Crippen LogP contribution in [0, 0.1) is 0 Å². The number of rotatable bonds is 5. The fourth-order valence-corrected chi connectivity index (χ4v) is 2.86. The fraction of sp³-hybridized carbons (Fsp3) is 0.929. The number of amides is 1. The first-order chi connectivity index (χ1) is 8.79. The molecule has 2 aliphatic rings. The van der Waals surface area contributed by atoms with Gasteiger partial charge in [-0.25, -0.2) is 0 Å². The summed E-state index contributed by atoms with van der Waals surface area (Å²) in [4.78, 5) is 12.2. The highest BCUT2D eigenvalue weighted by Crippen LogP contribution is 2.23. The minimum Gasteiger partial charge on any atom is -0.365 e. The van der Waals surface area contributed by atoms with Crippen LogP contribution in [0.3, 0.4) is 0 Å². The summed E-state index contributed by atoms with van der Waals surface area (Å²) in [5.41, 5.74) is 0. The van der Waals surface area contributed by atoms with Crippen LogP contribution in [0.2, 0.25) is 0 Å². The molecule has 0 radical (unpaired) electrons. The van der Waals surface area contributed by atoms with E-state index < -0.39 is 0 Å². The Morgan fingerprint density at radius 3 is 2.47 bits per heavy atom. The van der Waals surface area contributed by atoms with E-state index in [2.05, 4.69) is 10.6 Å². The Bertz CT molecular complexity index is 264. The molecule has 0 bridgehead atoms. The largest absolute Gasteiger partial charge is 0.365 e. The highest BCUT2D eigenvalue weighted by Gasteiger charge is 2.26. The highest BCUT2D eigenvalue weighted by molar-refractivity contribution is 5.85. The normalized spacial score (nSPS) is 22.8. The molecule has 112 valence electrons. The molecule has 19 heavy (non-hydrogen) atoms. The average Bonchev–Trinajstić information content (AvgIpc) is 2.90. The summed E-state index contributed by atoms with van der Waals surface area (Å²) in [6, 6.07) is 0.333. The molecule has 2 fully saturated rings. The van der Waals surface area contributed by atoms with E-state index in [4.69, 9.17) is 4.74 Å². The summed E-state index contributed by atoms with van der Waals surface area (Å²) >= 11 is 0. The summed E-state index contributed by atoms with van der Waals surface area (Å²) in [5.74, 6) is 0.0938. The zero-order valence-corrected chi connectivity index (χ0v) is 12.6. The monoisotopic (exact) mass is 290 g/mol. The van der Waals surface area contributed by atoms with Crippen molar-refractivity contribution in [1.29, 1.82) is 0 Å². The second-order valence-electron chi connectivity index (χ2n) is 5.47. The van der Waals surface area contributed by atoms with Gasteiger partial charge in [0, 0.05) is 6.04 Å². The van der Waals surface area contributed by atoms with Crippen LogP contribution in [-0.4, -0.2) is 37.2 Å². The molecule has 1 saturated carbocycles. The number of halogens is 1. The molecule has 1 amide bonds. The van der Waals surface area contributed by atoms with E-state index in [0.29, 0.717) is 12.1 Å². The SMILES string of the molecule is CCC(OC1CCCC1)C(=O)NC1CCNCC1.Cl. The quantitative estimate of drug-likeness (QED) is 0.814. The van der Waals surface area contributed by atoms with E-state index in [1.807, 2.05) is 6.92 Å². The van der Waals surface area contributed by atoms with Crippen molar-refractivity contribution in [3.63, 3.8) is 0 Å². The lowest BCUT2D eigenvalue weighted by Gasteiger charge is -2.27. The lowest BCUT2D eigenvalue weighted by Crippen LogP contribution is -2.47. The maximum atomic E-state index is 12.2. The first-order valence-electron chi connectivity index (χ1n) is 7.46. The number of piperidine rings is 1. The standard InChI is InChI=1S/C14H26N2O2.ClH/c1-2-13(18-12-5-3-4-6-12)14(17)16-11-7-9-15-10-8-11;/h11-13,15H,2-10H2,1H3,(H,16,17);1H. The van der Waals surface area contributed by atoms with Crippen molar-refractivity contribution >= 4 is 18.3 Å². The Balaban J connectivity index is 0.00000180. The Hall–Kier alpha value is -0.320. The Morgan fingerprint density at radius 2 is 1.89 bits per heavy atom. The van der Waals surface area contributed by atoms with Crippen LogP contribution in [-0.2, 0) is 9.53 Å². The van der Waals surface area contributed by atoms with Gasteiger partial charge in [0.05, 0.1) is 6.10 Å². The van der Waals surface area contributed by atoms with Crippen LogP contribution in [0.25, 0.3) is 0 Å². The van der Waals surface area contributed by atoms with Gasteiger partial charge in [0.1, 0.15) is 6.10 Å². The molecule has 0 aromatic carbocycles. The molecule has 4 nitrogen and oxygen atoms in total. The van der Waals surface area contributed by atoms with Gasteiger partial charge in [-0.05, 0) is 45.2 Å². The van der Waals surface area contributed by atoms with Crippen LogP contribution in [0.5, 0.6) is 0 Å². The van der Waals surface area contributed by atoms with Crippen LogP contribution in [0.4, 0.5) is 0 Å². The molecule has 0 aromatic heterocycles. The third-order valence-electron chi connectivity index (χ3n) is 4.01. The Kier molecular flexibility index (Phi) is 7.73. The third kappa shape index (κ3) is 5.28. The molecule has 1 saturated heterocycles. The van der Waals surface area contributed by atoms with Gasteiger partial charge in [-0.15, -0.1) is 12.4 Å². The van der Waals surface area contributed by atoms with Gasteiger partial charge in [0.15, 0.2) is 0 Å². The predicted molar refractivity (Wildman–Crippen MR) is 78.7 cm³/mol. The lowest BCUT2D eigenvalue weighted by molar-refractivity contribution is -0.137. The smallest absolute Gasteiger partial charge is 0.249 e. The first-order valence-corrected chi connectivity index (χ1v) is 7.46. The average molecular weight is 291 g/mol. The maximum absolute atomic E-state index is 12.2. The number of nitrogens with one attached hydrogen (secondary N) is 2. The molecule has 5 heteroatoms. The molecule has 1 aliphatic heterocycles. The zero-order valence-electron chi connectivity index (χ0n) is 11.8. The minimum absolute atomic E-state index is 0. The number of carbonyl (C=O) groups excluding carboxylic acids is 1. The zero-order chi connectivity index (χ0) is 12.8. The molecule has 1 aliphatic carbocycles. The van der Waals surface area contributed by atoms with Gasteiger partial charge < -0.3 is 15.4 Å². The van der Waals surface area contributed by atoms with E-state index in [0.717, 1.165) is 45.2 Å².